The molecular weight excluding hydrogens is 392 g/mol. The van der Waals surface area contributed by atoms with E-state index in [-0.39, 0.29) is 11.9 Å². The number of nitrogens with one attached hydrogen (secondary N) is 1. The van der Waals surface area contributed by atoms with E-state index >= 15 is 0 Å². The second kappa shape index (κ2) is 7.05. The second-order valence-electron chi connectivity index (χ2n) is 8.50. The van der Waals surface area contributed by atoms with Gasteiger partial charge in [-0.25, -0.2) is 14.5 Å². The Kier molecular flexibility index (Phi) is 4.17. The van der Waals surface area contributed by atoms with Crippen molar-refractivity contribution in [3.8, 4) is 11.1 Å². The molecule has 2 aliphatic rings. The van der Waals surface area contributed by atoms with Crippen molar-refractivity contribution in [1.82, 2.24) is 28.9 Å². The predicted molar refractivity (Wildman–Crippen MR) is 117 cm³/mol. The summed E-state index contributed by atoms with van der Waals surface area (Å²) in [6.07, 6.45) is 11.4. The summed E-state index contributed by atoms with van der Waals surface area (Å²) < 4.78 is 3.72. The maximum Gasteiger partial charge on any atom is 0.272 e. The smallest absolute Gasteiger partial charge is 0.272 e. The van der Waals surface area contributed by atoms with E-state index in [1.165, 1.54) is 0 Å². The molecule has 1 saturated carbocycles. The number of aromatic nitrogens is 5. The lowest BCUT2D eigenvalue weighted by Gasteiger charge is -2.32. The lowest BCUT2D eigenvalue weighted by Crippen LogP contribution is -2.44. The SMILES string of the molecule is N[C@H]1C[C@H](Nc2ncc3c(-c4ccc5ncc(C(=O)N6CCCC6)n5c4)ccn3n2)C1. The molecule has 2 fully saturated rings. The number of rotatable bonds is 4. The largest absolute Gasteiger partial charge is 0.350 e. The fourth-order valence-electron chi connectivity index (χ4n) is 4.55. The maximum atomic E-state index is 12.9. The van der Waals surface area contributed by atoms with Crippen LogP contribution < -0.4 is 11.1 Å². The molecule has 1 aliphatic heterocycles. The molecule has 3 N–H and O–H groups in total. The normalized spacial score (nSPS) is 21.0. The Morgan fingerprint density at radius 2 is 1.94 bits per heavy atom. The van der Waals surface area contributed by atoms with E-state index in [0.717, 1.165) is 61.1 Å². The van der Waals surface area contributed by atoms with Crippen molar-refractivity contribution in [3.05, 3.63) is 48.7 Å². The summed E-state index contributed by atoms with van der Waals surface area (Å²) in [6, 6.07) is 6.60. The molecule has 9 nitrogen and oxygen atoms in total. The third-order valence-corrected chi connectivity index (χ3v) is 6.35. The number of fused-ring (bicyclic) bond motifs is 2. The minimum atomic E-state index is 0.0404. The van der Waals surface area contributed by atoms with Gasteiger partial charge in [-0.2, -0.15) is 0 Å². The predicted octanol–water partition coefficient (Wildman–Crippen LogP) is 2.18. The van der Waals surface area contributed by atoms with Gasteiger partial charge in [-0.1, -0.05) is 0 Å². The van der Waals surface area contributed by atoms with Crippen molar-refractivity contribution in [2.45, 2.75) is 37.8 Å². The first kappa shape index (κ1) is 18.3. The van der Waals surface area contributed by atoms with Crippen molar-refractivity contribution in [2.24, 2.45) is 5.73 Å². The van der Waals surface area contributed by atoms with Crippen LogP contribution in [0.25, 0.3) is 22.3 Å². The van der Waals surface area contributed by atoms with Crippen LogP contribution in [0.3, 0.4) is 0 Å². The van der Waals surface area contributed by atoms with Crippen LogP contribution in [0.1, 0.15) is 36.2 Å². The number of nitrogens with zero attached hydrogens (tertiary/aromatic N) is 6. The maximum absolute atomic E-state index is 12.9. The first-order valence-corrected chi connectivity index (χ1v) is 10.8. The fraction of sp³-hybridized carbons (Fsp3) is 0.364. The molecule has 0 atom stereocenters. The van der Waals surface area contributed by atoms with E-state index in [0.29, 0.717) is 17.7 Å². The van der Waals surface area contributed by atoms with E-state index in [9.17, 15) is 4.79 Å². The first-order chi connectivity index (χ1) is 15.2. The zero-order chi connectivity index (χ0) is 20.9. The summed E-state index contributed by atoms with van der Waals surface area (Å²) in [6.45, 7) is 1.63. The molecule has 0 unspecified atom stereocenters. The zero-order valence-corrected chi connectivity index (χ0v) is 17.1. The van der Waals surface area contributed by atoms with Crippen LogP contribution in [0, 0.1) is 0 Å². The molecule has 4 aromatic heterocycles. The van der Waals surface area contributed by atoms with Gasteiger partial charge in [0.1, 0.15) is 11.3 Å². The summed E-state index contributed by atoms with van der Waals surface area (Å²) in [7, 11) is 0. The average Bonchev–Trinajstić information content (AvgIpc) is 3.50. The fourth-order valence-corrected chi connectivity index (χ4v) is 4.55. The standard InChI is InChI=1S/C22H24N8O/c23-15-9-16(10-15)26-22-25-11-18-17(5-8-30(18)27-22)14-3-4-20-24-12-19(29(20)13-14)21(31)28-6-1-2-7-28/h3-5,8,11-13,15-16H,1-2,6-7,9-10,23H2,(H,26,27)/t15-,16-. The van der Waals surface area contributed by atoms with E-state index in [2.05, 4.69) is 20.4 Å². The van der Waals surface area contributed by atoms with Crippen molar-refractivity contribution < 1.29 is 4.79 Å². The zero-order valence-electron chi connectivity index (χ0n) is 17.1. The molecule has 5 heterocycles. The number of pyridine rings is 1. The highest BCUT2D eigenvalue weighted by molar-refractivity contribution is 5.93. The van der Waals surface area contributed by atoms with Gasteiger partial charge < -0.3 is 16.0 Å². The second-order valence-corrected chi connectivity index (χ2v) is 8.50. The van der Waals surface area contributed by atoms with Gasteiger partial charge >= 0.3 is 0 Å². The monoisotopic (exact) mass is 416 g/mol. The Balaban J connectivity index is 1.33. The Bertz CT molecular complexity index is 1280. The van der Waals surface area contributed by atoms with Crippen molar-refractivity contribution in [2.75, 3.05) is 18.4 Å². The number of likely N-dealkylation sites (tertiary alicyclic amines) is 1. The van der Waals surface area contributed by atoms with Crippen LogP contribution in [-0.4, -0.2) is 60.0 Å². The first-order valence-electron chi connectivity index (χ1n) is 10.8. The number of hydrogen-bond donors (Lipinski definition) is 2. The third-order valence-electron chi connectivity index (χ3n) is 6.35. The van der Waals surface area contributed by atoms with E-state index < -0.39 is 0 Å². The van der Waals surface area contributed by atoms with Gasteiger partial charge in [-0.15, -0.1) is 5.10 Å². The van der Waals surface area contributed by atoms with Gasteiger partial charge in [0.05, 0.1) is 17.9 Å². The molecule has 1 saturated heterocycles. The summed E-state index contributed by atoms with van der Waals surface area (Å²) >= 11 is 0. The lowest BCUT2D eigenvalue weighted by atomic mass is 9.88. The van der Waals surface area contributed by atoms with Crippen LogP contribution >= 0.6 is 0 Å². The molecule has 0 aromatic carbocycles. The van der Waals surface area contributed by atoms with Crippen LogP contribution in [0.15, 0.2) is 43.0 Å². The minimum absolute atomic E-state index is 0.0404. The summed E-state index contributed by atoms with van der Waals surface area (Å²) in [5, 5.41) is 7.93. The lowest BCUT2D eigenvalue weighted by molar-refractivity contribution is 0.0786. The Labute approximate surface area is 178 Å². The van der Waals surface area contributed by atoms with Crippen molar-refractivity contribution >= 4 is 23.0 Å². The Morgan fingerprint density at radius 1 is 1.10 bits per heavy atom. The molecule has 31 heavy (non-hydrogen) atoms. The minimum Gasteiger partial charge on any atom is -0.350 e. The van der Waals surface area contributed by atoms with E-state index in [1.54, 1.807) is 6.20 Å². The van der Waals surface area contributed by atoms with Crippen molar-refractivity contribution in [3.63, 3.8) is 0 Å². The van der Waals surface area contributed by atoms with Gasteiger partial charge in [0.15, 0.2) is 0 Å². The summed E-state index contributed by atoms with van der Waals surface area (Å²) in [4.78, 5) is 23.8. The van der Waals surface area contributed by atoms with Crippen LogP contribution in [0.2, 0.25) is 0 Å². The molecular formula is C22H24N8O. The molecule has 0 spiro atoms. The Morgan fingerprint density at radius 3 is 2.74 bits per heavy atom. The van der Waals surface area contributed by atoms with Crippen LogP contribution in [0.4, 0.5) is 5.95 Å². The molecule has 4 aromatic rings. The highest BCUT2D eigenvalue weighted by Crippen LogP contribution is 2.27. The topological polar surface area (TPSA) is 106 Å². The number of carbonyl (C=O) groups is 1. The molecule has 6 rings (SSSR count). The van der Waals surface area contributed by atoms with Crippen molar-refractivity contribution in [1.29, 1.82) is 0 Å². The van der Waals surface area contributed by atoms with Crippen LogP contribution in [-0.2, 0) is 0 Å². The quantitative estimate of drug-likeness (QED) is 0.528. The number of carbonyl (C=O) groups excluding carboxylic acids is 1. The molecule has 1 amide bonds. The molecule has 1 aliphatic carbocycles. The summed E-state index contributed by atoms with van der Waals surface area (Å²) in [5.74, 6) is 0.647. The van der Waals surface area contributed by atoms with E-state index in [4.69, 9.17) is 5.73 Å². The van der Waals surface area contributed by atoms with Gasteiger partial charge in [0.2, 0.25) is 5.95 Å². The average molecular weight is 416 g/mol. The highest BCUT2D eigenvalue weighted by atomic mass is 16.2. The number of hydrogen-bond acceptors (Lipinski definition) is 6. The van der Waals surface area contributed by atoms with Gasteiger partial charge in [0, 0.05) is 48.7 Å². The number of nitrogens with two attached hydrogens (primary N) is 1. The summed E-state index contributed by atoms with van der Waals surface area (Å²) in [5.41, 5.74) is 10.1. The number of imidazole rings is 1. The van der Waals surface area contributed by atoms with Gasteiger partial charge in [-0.05, 0) is 43.9 Å². The molecule has 158 valence electrons. The molecule has 0 radical (unpaired) electrons. The number of anilines is 1. The van der Waals surface area contributed by atoms with Crippen LogP contribution in [0.5, 0.6) is 0 Å². The highest BCUT2D eigenvalue weighted by Gasteiger charge is 2.26. The Hall–Kier alpha value is -3.46. The molecule has 9 heteroatoms. The van der Waals surface area contributed by atoms with Gasteiger partial charge in [0.25, 0.3) is 5.91 Å². The third kappa shape index (κ3) is 3.12. The number of amides is 1. The van der Waals surface area contributed by atoms with Gasteiger partial charge in [-0.3, -0.25) is 9.20 Å². The molecule has 0 bridgehead atoms. The van der Waals surface area contributed by atoms with E-state index in [1.807, 2.05) is 50.6 Å².